The molecule has 2 unspecified atom stereocenters. The van der Waals surface area contributed by atoms with Crippen molar-refractivity contribution in [2.24, 2.45) is 11.3 Å². The number of alkyl halides is 2. The lowest BCUT2D eigenvalue weighted by Gasteiger charge is -2.26. The summed E-state index contributed by atoms with van der Waals surface area (Å²) in [6.45, 7) is 7.62. The van der Waals surface area contributed by atoms with Crippen LogP contribution in [0.3, 0.4) is 0 Å². The lowest BCUT2D eigenvalue weighted by molar-refractivity contribution is -0.154. The molecule has 0 aromatic carbocycles. The number of carbonyl (C=O) groups is 1. The van der Waals surface area contributed by atoms with Crippen LogP contribution in [0.15, 0.2) is 0 Å². The summed E-state index contributed by atoms with van der Waals surface area (Å²) in [5, 5.41) is 2.91. The summed E-state index contributed by atoms with van der Waals surface area (Å²) in [6.07, 6.45) is 1.25. The fraction of sp³-hybridized carbons (Fsp3) is 0.923. The minimum Gasteiger partial charge on any atom is -0.355 e. The number of nitrogens with one attached hydrogen (secondary N) is 1. The van der Waals surface area contributed by atoms with E-state index in [9.17, 15) is 4.79 Å². The quantitative estimate of drug-likeness (QED) is 0.794. The fourth-order valence-corrected chi connectivity index (χ4v) is 3.19. The van der Waals surface area contributed by atoms with Gasteiger partial charge in [0.2, 0.25) is 5.91 Å². The van der Waals surface area contributed by atoms with Gasteiger partial charge in [-0.25, -0.2) is 0 Å². The zero-order valence-electron chi connectivity index (χ0n) is 11.6. The van der Waals surface area contributed by atoms with Crippen molar-refractivity contribution < 1.29 is 14.3 Å². The van der Waals surface area contributed by atoms with Gasteiger partial charge in [0.05, 0.1) is 18.6 Å². The molecule has 19 heavy (non-hydrogen) atoms. The highest BCUT2D eigenvalue weighted by Gasteiger charge is 2.67. The molecule has 0 aromatic heterocycles. The third-order valence-corrected chi connectivity index (χ3v) is 5.09. The number of amides is 1. The standard InChI is InChI=1S/C13H21Cl2NO3/c1-9(6-12(3)18-4-5-19-12)7-16-10(17)11(2)8-13(11,14)15/h9H,4-8H2,1-3H3,(H,16,17). The molecular weight excluding hydrogens is 289 g/mol. The van der Waals surface area contributed by atoms with E-state index in [0.717, 1.165) is 6.42 Å². The van der Waals surface area contributed by atoms with E-state index in [2.05, 4.69) is 12.2 Å². The Morgan fingerprint density at radius 1 is 1.32 bits per heavy atom. The zero-order chi connectivity index (χ0) is 14.3. The van der Waals surface area contributed by atoms with Gasteiger partial charge in [-0.05, 0) is 26.2 Å². The largest absolute Gasteiger partial charge is 0.355 e. The van der Waals surface area contributed by atoms with Crippen molar-refractivity contribution in [1.29, 1.82) is 0 Å². The van der Waals surface area contributed by atoms with Gasteiger partial charge in [0.15, 0.2) is 5.79 Å². The maximum absolute atomic E-state index is 12.0. The Morgan fingerprint density at radius 2 is 1.84 bits per heavy atom. The van der Waals surface area contributed by atoms with Crippen molar-refractivity contribution in [3.63, 3.8) is 0 Å². The first-order chi connectivity index (χ1) is 8.69. The number of ether oxygens (including phenoxy) is 2. The first-order valence-electron chi connectivity index (χ1n) is 6.63. The van der Waals surface area contributed by atoms with Crippen LogP contribution in [0.1, 0.15) is 33.6 Å². The molecule has 2 fully saturated rings. The molecule has 0 spiro atoms. The molecule has 0 radical (unpaired) electrons. The Hall–Kier alpha value is -0.0300. The molecule has 0 bridgehead atoms. The average Bonchev–Trinajstić information content (AvgIpc) is 2.65. The van der Waals surface area contributed by atoms with Crippen LogP contribution in [0.25, 0.3) is 0 Å². The molecule has 2 rings (SSSR count). The van der Waals surface area contributed by atoms with Gasteiger partial charge in [-0.2, -0.15) is 0 Å². The molecule has 2 aliphatic rings. The molecular formula is C13H21Cl2NO3. The van der Waals surface area contributed by atoms with Crippen molar-refractivity contribution in [1.82, 2.24) is 5.32 Å². The minimum absolute atomic E-state index is 0.0808. The van der Waals surface area contributed by atoms with E-state index in [0.29, 0.717) is 26.2 Å². The second-order valence-electron chi connectivity index (χ2n) is 6.06. The molecule has 1 aliphatic carbocycles. The van der Waals surface area contributed by atoms with Gasteiger partial charge in [0.1, 0.15) is 4.33 Å². The van der Waals surface area contributed by atoms with Gasteiger partial charge < -0.3 is 14.8 Å². The predicted octanol–water partition coefficient (Wildman–Crippen LogP) is 2.48. The van der Waals surface area contributed by atoms with E-state index in [1.807, 2.05) is 6.92 Å². The van der Waals surface area contributed by atoms with Gasteiger partial charge in [-0.3, -0.25) is 4.79 Å². The van der Waals surface area contributed by atoms with E-state index in [4.69, 9.17) is 32.7 Å². The summed E-state index contributed by atoms with van der Waals surface area (Å²) in [5.41, 5.74) is -0.653. The topological polar surface area (TPSA) is 47.6 Å². The van der Waals surface area contributed by atoms with E-state index in [1.54, 1.807) is 6.92 Å². The number of halogens is 2. The summed E-state index contributed by atoms with van der Waals surface area (Å²) in [5.74, 6) is -0.340. The number of carbonyl (C=O) groups excluding carboxylic acids is 1. The first kappa shape index (κ1) is 15.4. The van der Waals surface area contributed by atoms with Crippen molar-refractivity contribution >= 4 is 29.1 Å². The maximum atomic E-state index is 12.0. The molecule has 1 aliphatic heterocycles. The molecule has 2 atom stereocenters. The van der Waals surface area contributed by atoms with Gasteiger partial charge in [-0.15, -0.1) is 23.2 Å². The van der Waals surface area contributed by atoms with Crippen LogP contribution >= 0.6 is 23.2 Å². The van der Waals surface area contributed by atoms with Gasteiger partial charge in [0.25, 0.3) is 0 Å². The second kappa shape index (κ2) is 5.06. The molecule has 1 saturated heterocycles. The van der Waals surface area contributed by atoms with Crippen molar-refractivity contribution in [3.05, 3.63) is 0 Å². The highest BCUT2D eigenvalue weighted by atomic mass is 35.5. The van der Waals surface area contributed by atoms with E-state index < -0.39 is 15.5 Å². The van der Waals surface area contributed by atoms with Gasteiger partial charge in [0, 0.05) is 13.0 Å². The van der Waals surface area contributed by atoms with Gasteiger partial charge >= 0.3 is 0 Å². The van der Waals surface area contributed by atoms with Crippen LogP contribution in [-0.2, 0) is 14.3 Å². The molecule has 1 N–H and O–H groups in total. The number of hydrogen-bond donors (Lipinski definition) is 1. The van der Waals surface area contributed by atoms with Crippen molar-refractivity contribution in [3.8, 4) is 0 Å². The highest BCUT2D eigenvalue weighted by Crippen LogP contribution is 2.63. The number of rotatable bonds is 5. The highest BCUT2D eigenvalue weighted by molar-refractivity contribution is 6.53. The van der Waals surface area contributed by atoms with Gasteiger partial charge in [-0.1, -0.05) is 6.92 Å². The molecule has 1 heterocycles. The van der Waals surface area contributed by atoms with E-state index in [1.165, 1.54) is 0 Å². The number of hydrogen-bond acceptors (Lipinski definition) is 3. The van der Waals surface area contributed by atoms with Crippen LogP contribution < -0.4 is 5.32 Å². The second-order valence-corrected chi connectivity index (χ2v) is 7.55. The van der Waals surface area contributed by atoms with Crippen LogP contribution in [0.2, 0.25) is 0 Å². The maximum Gasteiger partial charge on any atom is 0.229 e. The molecule has 0 aromatic rings. The average molecular weight is 310 g/mol. The van der Waals surface area contributed by atoms with Crippen LogP contribution in [0, 0.1) is 11.3 Å². The molecule has 6 heteroatoms. The Labute approximate surface area is 124 Å². The normalized spacial score (nSPS) is 32.9. The Balaban J connectivity index is 1.75. The van der Waals surface area contributed by atoms with Crippen LogP contribution in [0.4, 0.5) is 0 Å². The van der Waals surface area contributed by atoms with Crippen molar-refractivity contribution in [2.45, 2.75) is 43.7 Å². The van der Waals surface area contributed by atoms with Crippen LogP contribution in [0.5, 0.6) is 0 Å². The fourth-order valence-electron chi connectivity index (χ4n) is 2.49. The van der Waals surface area contributed by atoms with E-state index in [-0.39, 0.29) is 11.8 Å². The summed E-state index contributed by atoms with van der Waals surface area (Å²) >= 11 is 12.0. The monoisotopic (exact) mass is 309 g/mol. The van der Waals surface area contributed by atoms with Crippen LogP contribution in [-0.4, -0.2) is 35.8 Å². The summed E-state index contributed by atoms with van der Waals surface area (Å²) in [4.78, 5) is 12.0. The first-order valence-corrected chi connectivity index (χ1v) is 7.38. The minimum atomic E-state index is -0.913. The SMILES string of the molecule is CC(CNC(=O)C1(C)CC1(Cl)Cl)CC1(C)OCCO1. The summed E-state index contributed by atoms with van der Waals surface area (Å²) in [7, 11) is 0. The molecule has 110 valence electrons. The Kier molecular flexibility index (Phi) is 4.09. The van der Waals surface area contributed by atoms with E-state index >= 15 is 0 Å². The molecule has 4 nitrogen and oxygen atoms in total. The summed E-state index contributed by atoms with van der Waals surface area (Å²) < 4.78 is 10.2. The zero-order valence-corrected chi connectivity index (χ0v) is 13.1. The Morgan fingerprint density at radius 3 is 2.32 bits per heavy atom. The third-order valence-electron chi connectivity index (χ3n) is 3.99. The van der Waals surface area contributed by atoms with Crippen molar-refractivity contribution in [2.75, 3.05) is 19.8 Å². The molecule has 1 amide bonds. The predicted molar refractivity (Wildman–Crippen MR) is 74.3 cm³/mol. The third kappa shape index (κ3) is 3.18. The Bertz CT molecular complexity index is 369. The lowest BCUT2D eigenvalue weighted by atomic mass is 10.0. The summed E-state index contributed by atoms with van der Waals surface area (Å²) in [6, 6.07) is 0. The smallest absolute Gasteiger partial charge is 0.229 e. The lowest BCUT2D eigenvalue weighted by Crippen LogP contribution is -2.38. The molecule has 1 saturated carbocycles.